The van der Waals surface area contributed by atoms with Crippen LogP contribution in [0.2, 0.25) is 0 Å². The van der Waals surface area contributed by atoms with Gasteiger partial charge in [0, 0.05) is 5.56 Å². The molecular weight excluding hydrogens is 292 g/mol. The molecule has 0 aliphatic heterocycles. The minimum atomic E-state index is -0.508. The number of carbonyl (C=O) groups is 1. The van der Waals surface area contributed by atoms with Gasteiger partial charge >= 0.3 is 5.97 Å². The summed E-state index contributed by atoms with van der Waals surface area (Å²) in [5.74, 6) is -0.0329. The Hall–Kier alpha value is -3.39. The predicted octanol–water partition coefficient (Wildman–Crippen LogP) is 3.57. The summed E-state index contributed by atoms with van der Waals surface area (Å²) in [4.78, 5) is 16.3. The van der Waals surface area contributed by atoms with Crippen LogP contribution in [0.3, 0.4) is 0 Å². The van der Waals surface area contributed by atoms with E-state index in [9.17, 15) is 4.79 Å². The van der Waals surface area contributed by atoms with Crippen LogP contribution < -0.4 is 0 Å². The van der Waals surface area contributed by atoms with Gasteiger partial charge in [-0.15, -0.1) is 0 Å². The second-order valence-corrected chi connectivity index (χ2v) is 4.78. The maximum absolute atomic E-state index is 12.0. The maximum Gasteiger partial charge on any atom is 0.338 e. The normalized spacial score (nSPS) is 10.0. The molecule has 0 aliphatic carbocycles. The zero-order valence-electron chi connectivity index (χ0n) is 12.1. The van der Waals surface area contributed by atoms with Gasteiger partial charge < -0.3 is 9.15 Å². The Balaban J connectivity index is 1.66. The van der Waals surface area contributed by atoms with Crippen LogP contribution in [0.4, 0.5) is 0 Å². The van der Waals surface area contributed by atoms with Gasteiger partial charge in [0.15, 0.2) is 0 Å². The summed E-state index contributed by atoms with van der Waals surface area (Å²) in [6.45, 7) is 0.00590. The van der Waals surface area contributed by atoms with Crippen LogP contribution in [-0.4, -0.2) is 11.0 Å². The van der Waals surface area contributed by atoms with Crippen molar-refractivity contribution in [1.29, 1.82) is 5.26 Å². The summed E-state index contributed by atoms with van der Waals surface area (Å²) in [7, 11) is 0. The van der Waals surface area contributed by atoms with E-state index in [2.05, 4.69) is 4.98 Å². The molecule has 0 aliphatic rings. The Morgan fingerprint density at radius 1 is 1.17 bits per heavy atom. The van der Waals surface area contributed by atoms with Gasteiger partial charge in [0.1, 0.15) is 18.6 Å². The van der Waals surface area contributed by atoms with Crippen LogP contribution in [0.25, 0.3) is 11.5 Å². The van der Waals surface area contributed by atoms with Gasteiger partial charge in [-0.25, -0.2) is 9.78 Å². The lowest BCUT2D eigenvalue weighted by Crippen LogP contribution is -2.05. The number of nitriles is 1. The molecule has 0 atom stereocenters. The first-order valence-corrected chi connectivity index (χ1v) is 6.93. The number of hydrogen-bond acceptors (Lipinski definition) is 5. The fourth-order valence-electron chi connectivity index (χ4n) is 2.03. The number of hydrogen-bond donors (Lipinski definition) is 0. The third-order valence-corrected chi connectivity index (χ3v) is 3.15. The molecule has 2 aromatic carbocycles. The topological polar surface area (TPSA) is 76.1 Å². The second-order valence-electron chi connectivity index (χ2n) is 4.78. The molecule has 23 heavy (non-hydrogen) atoms. The SMILES string of the molecule is N#Cc1cccc(C(=O)OCc2coc(-c3ccccc3)n2)c1. The second kappa shape index (κ2) is 6.58. The van der Waals surface area contributed by atoms with E-state index < -0.39 is 5.97 Å². The van der Waals surface area contributed by atoms with Crippen molar-refractivity contribution in [3.8, 4) is 17.5 Å². The third-order valence-electron chi connectivity index (χ3n) is 3.15. The highest BCUT2D eigenvalue weighted by molar-refractivity contribution is 5.89. The Kier molecular flexibility index (Phi) is 4.16. The van der Waals surface area contributed by atoms with Gasteiger partial charge in [-0.05, 0) is 30.3 Å². The Morgan fingerprint density at radius 2 is 2.00 bits per heavy atom. The lowest BCUT2D eigenvalue weighted by Gasteiger charge is -2.02. The van der Waals surface area contributed by atoms with Crippen molar-refractivity contribution in [3.63, 3.8) is 0 Å². The summed E-state index contributed by atoms with van der Waals surface area (Å²) in [5, 5.41) is 8.84. The molecule has 0 unspecified atom stereocenters. The molecule has 0 N–H and O–H groups in total. The predicted molar refractivity (Wildman–Crippen MR) is 82.2 cm³/mol. The van der Waals surface area contributed by atoms with E-state index in [1.165, 1.54) is 12.3 Å². The maximum atomic E-state index is 12.0. The summed E-state index contributed by atoms with van der Waals surface area (Å²) in [5.41, 5.74) is 2.11. The highest BCUT2D eigenvalue weighted by Gasteiger charge is 2.11. The number of ether oxygens (including phenoxy) is 1. The average Bonchev–Trinajstić information content (AvgIpc) is 3.09. The van der Waals surface area contributed by atoms with Gasteiger partial charge in [-0.1, -0.05) is 24.3 Å². The largest absolute Gasteiger partial charge is 0.455 e. The van der Waals surface area contributed by atoms with E-state index in [1.807, 2.05) is 36.4 Å². The van der Waals surface area contributed by atoms with E-state index in [4.69, 9.17) is 14.4 Å². The number of oxazole rings is 1. The third kappa shape index (κ3) is 3.44. The van der Waals surface area contributed by atoms with Gasteiger partial charge in [0.05, 0.1) is 17.2 Å². The number of aromatic nitrogens is 1. The molecule has 1 aromatic heterocycles. The monoisotopic (exact) mass is 304 g/mol. The highest BCUT2D eigenvalue weighted by Crippen LogP contribution is 2.18. The van der Waals surface area contributed by atoms with Gasteiger partial charge in [0.25, 0.3) is 0 Å². The standard InChI is InChI=1S/C18H12N2O3/c19-10-13-5-4-8-15(9-13)18(21)23-12-16-11-22-17(20-16)14-6-2-1-3-7-14/h1-9,11H,12H2. The summed E-state index contributed by atoms with van der Waals surface area (Å²) < 4.78 is 10.6. The molecule has 0 saturated heterocycles. The van der Waals surface area contributed by atoms with Crippen LogP contribution in [-0.2, 0) is 11.3 Å². The van der Waals surface area contributed by atoms with Gasteiger partial charge in [0.2, 0.25) is 5.89 Å². The van der Waals surface area contributed by atoms with E-state index in [-0.39, 0.29) is 6.61 Å². The molecule has 3 aromatic rings. The minimum Gasteiger partial charge on any atom is -0.455 e. The zero-order valence-corrected chi connectivity index (χ0v) is 12.1. The Bertz CT molecular complexity index is 863. The first kappa shape index (κ1) is 14.5. The molecule has 112 valence electrons. The van der Waals surface area contributed by atoms with Crippen LogP contribution in [0, 0.1) is 11.3 Å². The lowest BCUT2D eigenvalue weighted by molar-refractivity contribution is 0.0467. The molecule has 0 radical (unpaired) electrons. The molecule has 5 heteroatoms. The first-order valence-electron chi connectivity index (χ1n) is 6.93. The van der Waals surface area contributed by atoms with Crippen molar-refractivity contribution < 1.29 is 13.9 Å². The molecular formula is C18H12N2O3. The summed E-state index contributed by atoms with van der Waals surface area (Å²) >= 11 is 0. The van der Waals surface area contributed by atoms with E-state index in [0.29, 0.717) is 22.7 Å². The molecule has 0 spiro atoms. The van der Waals surface area contributed by atoms with Crippen molar-refractivity contribution in [1.82, 2.24) is 4.98 Å². The van der Waals surface area contributed by atoms with Gasteiger partial charge in [-0.3, -0.25) is 0 Å². The molecule has 3 rings (SSSR count). The van der Waals surface area contributed by atoms with E-state index >= 15 is 0 Å². The quantitative estimate of drug-likeness (QED) is 0.689. The zero-order chi connectivity index (χ0) is 16.1. The Morgan fingerprint density at radius 3 is 2.78 bits per heavy atom. The number of benzene rings is 2. The van der Waals surface area contributed by atoms with Crippen LogP contribution in [0.15, 0.2) is 65.3 Å². The molecule has 0 fully saturated rings. The fourth-order valence-corrected chi connectivity index (χ4v) is 2.03. The van der Waals surface area contributed by atoms with Crippen molar-refractivity contribution in [2.24, 2.45) is 0 Å². The molecule has 0 amide bonds. The average molecular weight is 304 g/mol. The van der Waals surface area contributed by atoms with Crippen LogP contribution >= 0.6 is 0 Å². The fraction of sp³-hybridized carbons (Fsp3) is 0.0556. The first-order chi connectivity index (χ1) is 11.3. The number of carbonyl (C=O) groups excluding carboxylic acids is 1. The molecule has 5 nitrogen and oxygen atoms in total. The van der Waals surface area contributed by atoms with E-state index in [0.717, 1.165) is 5.56 Å². The molecule has 0 saturated carbocycles. The highest BCUT2D eigenvalue weighted by atomic mass is 16.5. The molecule has 1 heterocycles. The minimum absolute atomic E-state index is 0.00590. The smallest absolute Gasteiger partial charge is 0.338 e. The number of nitrogens with zero attached hydrogens (tertiary/aromatic N) is 2. The van der Waals surface area contributed by atoms with Crippen molar-refractivity contribution >= 4 is 5.97 Å². The summed E-state index contributed by atoms with van der Waals surface area (Å²) in [6.07, 6.45) is 1.46. The van der Waals surface area contributed by atoms with Gasteiger partial charge in [-0.2, -0.15) is 5.26 Å². The van der Waals surface area contributed by atoms with Crippen LogP contribution in [0.5, 0.6) is 0 Å². The summed E-state index contributed by atoms with van der Waals surface area (Å²) in [6, 6.07) is 17.8. The molecule has 0 bridgehead atoms. The van der Waals surface area contributed by atoms with E-state index in [1.54, 1.807) is 18.2 Å². The lowest BCUT2D eigenvalue weighted by atomic mass is 10.1. The Labute approximate surface area is 132 Å². The van der Waals surface area contributed by atoms with Crippen molar-refractivity contribution in [3.05, 3.63) is 77.7 Å². The number of rotatable bonds is 4. The number of esters is 1. The van der Waals surface area contributed by atoms with Crippen molar-refractivity contribution in [2.45, 2.75) is 6.61 Å². The van der Waals surface area contributed by atoms with Crippen molar-refractivity contribution in [2.75, 3.05) is 0 Å². The van der Waals surface area contributed by atoms with Crippen LogP contribution in [0.1, 0.15) is 21.6 Å².